The fourth-order valence-corrected chi connectivity index (χ4v) is 3.48. The Bertz CT molecular complexity index is 1240. The van der Waals surface area contributed by atoms with Gasteiger partial charge < -0.3 is 9.84 Å². The molecule has 0 amide bonds. The molecule has 25 heavy (non-hydrogen) atoms. The van der Waals surface area contributed by atoms with Crippen LogP contribution in [0, 0.1) is 0 Å². The molecule has 4 heterocycles. The minimum absolute atomic E-state index is 0.0330. The fourth-order valence-electron chi connectivity index (χ4n) is 3.48. The number of fused-ring (bicyclic) bond motifs is 7. The zero-order valence-corrected chi connectivity index (χ0v) is 13.4. The van der Waals surface area contributed by atoms with Crippen LogP contribution in [0.2, 0.25) is 0 Å². The van der Waals surface area contributed by atoms with E-state index >= 15 is 0 Å². The van der Waals surface area contributed by atoms with Crippen LogP contribution in [0.3, 0.4) is 0 Å². The molecule has 0 unspecified atom stereocenters. The Kier molecular flexibility index (Phi) is 3.08. The molecule has 1 N–H and O–H groups in total. The molecule has 0 aliphatic rings. The van der Waals surface area contributed by atoms with Crippen LogP contribution in [0.1, 0.15) is 0 Å². The van der Waals surface area contributed by atoms with Crippen LogP contribution >= 0.6 is 0 Å². The first-order valence-corrected chi connectivity index (χ1v) is 8.17. The Morgan fingerprint density at radius 3 is 2.72 bits per heavy atom. The van der Waals surface area contributed by atoms with Crippen LogP contribution < -0.4 is 4.74 Å². The Labute approximate surface area is 143 Å². The van der Waals surface area contributed by atoms with Gasteiger partial charge in [0.1, 0.15) is 12.1 Å². The van der Waals surface area contributed by atoms with Crippen molar-refractivity contribution in [1.82, 2.24) is 14.4 Å². The monoisotopic (exact) mass is 329 g/mol. The molecule has 0 atom stereocenters. The first kappa shape index (κ1) is 14.2. The zero-order valence-electron chi connectivity index (χ0n) is 13.4. The quantitative estimate of drug-likeness (QED) is 0.514. The van der Waals surface area contributed by atoms with Crippen LogP contribution in [0.4, 0.5) is 0 Å². The molecule has 0 saturated heterocycles. The van der Waals surface area contributed by atoms with E-state index < -0.39 is 0 Å². The number of para-hydroxylation sites is 1. The van der Waals surface area contributed by atoms with E-state index in [-0.39, 0.29) is 13.2 Å². The van der Waals surface area contributed by atoms with E-state index in [9.17, 15) is 0 Å². The molecule has 5 nitrogen and oxygen atoms in total. The molecule has 0 saturated carbocycles. The number of aromatic nitrogens is 3. The largest absolute Gasteiger partial charge is 0.476 e. The SMILES string of the molecule is OCCOc1c2cccnc2c2c3cnc4ccccc4c3ccn12. The third-order valence-corrected chi connectivity index (χ3v) is 4.51. The summed E-state index contributed by atoms with van der Waals surface area (Å²) >= 11 is 0. The average Bonchev–Trinajstić information content (AvgIpc) is 3.00. The highest BCUT2D eigenvalue weighted by Crippen LogP contribution is 2.36. The van der Waals surface area contributed by atoms with E-state index in [1.165, 1.54) is 0 Å². The lowest BCUT2D eigenvalue weighted by Crippen LogP contribution is -2.03. The highest BCUT2D eigenvalue weighted by molar-refractivity contribution is 6.17. The maximum absolute atomic E-state index is 9.14. The summed E-state index contributed by atoms with van der Waals surface area (Å²) in [6.45, 7) is 0.207. The van der Waals surface area contributed by atoms with E-state index in [4.69, 9.17) is 9.84 Å². The maximum atomic E-state index is 9.14. The minimum atomic E-state index is -0.0330. The van der Waals surface area contributed by atoms with Gasteiger partial charge in [-0.05, 0) is 29.7 Å². The number of ether oxygens (including phenoxy) is 1. The second kappa shape index (κ2) is 5.43. The predicted molar refractivity (Wildman–Crippen MR) is 98.1 cm³/mol. The molecule has 0 spiro atoms. The average molecular weight is 329 g/mol. The first-order valence-electron chi connectivity index (χ1n) is 8.17. The van der Waals surface area contributed by atoms with E-state index in [2.05, 4.69) is 22.1 Å². The third kappa shape index (κ3) is 1.99. The minimum Gasteiger partial charge on any atom is -0.476 e. The Morgan fingerprint density at radius 1 is 0.920 bits per heavy atom. The predicted octanol–water partition coefficient (Wildman–Crippen LogP) is 3.56. The van der Waals surface area contributed by atoms with Crippen molar-refractivity contribution >= 4 is 38.1 Å². The number of aliphatic hydroxyl groups is 1. The summed E-state index contributed by atoms with van der Waals surface area (Å²) in [4.78, 5) is 9.19. The van der Waals surface area contributed by atoms with Gasteiger partial charge in [-0.3, -0.25) is 14.4 Å². The smallest absolute Gasteiger partial charge is 0.208 e. The maximum Gasteiger partial charge on any atom is 0.208 e. The molecule has 0 radical (unpaired) electrons. The summed E-state index contributed by atoms with van der Waals surface area (Å²) in [6.07, 6.45) is 5.68. The van der Waals surface area contributed by atoms with Gasteiger partial charge in [-0.2, -0.15) is 0 Å². The molecule has 122 valence electrons. The summed E-state index contributed by atoms with van der Waals surface area (Å²) in [5, 5.41) is 13.4. The summed E-state index contributed by atoms with van der Waals surface area (Å²) < 4.78 is 7.80. The van der Waals surface area contributed by atoms with Crippen molar-refractivity contribution < 1.29 is 9.84 Å². The lowest BCUT2D eigenvalue weighted by molar-refractivity contribution is 0.197. The summed E-state index contributed by atoms with van der Waals surface area (Å²) in [6, 6.07) is 14.1. The van der Waals surface area contributed by atoms with E-state index in [1.807, 2.05) is 47.1 Å². The van der Waals surface area contributed by atoms with Gasteiger partial charge in [-0.25, -0.2) is 0 Å². The molecule has 0 aliphatic carbocycles. The third-order valence-electron chi connectivity index (χ3n) is 4.51. The van der Waals surface area contributed by atoms with Crippen molar-refractivity contribution in [3.63, 3.8) is 0 Å². The fraction of sp³-hybridized carbons (Fsp3) is 0.100. The van der Waals surface area contributed by atoms with Gasteiger partial charge in [0.05, 0.1) is 23.0 Å². The lowest BCUT2D eigenvalue weighted by atomic mass is 10.1. The summed E-state index contributed by atoms with van der Waals surface area (Å²) in [5.41, 5.74) is 2.82. The van der Waals surface area contributed by atoms with Crippen LogP contribution in [0.25, 0.3) is 38.1 Å². The number of benzene rings is 1. The van der Waals surface area contributed by atoms with Crippen molar-refractivity contribution in [3.05, 3.63) is 61.1 Å². The van der Waals surface area contributed by atoms with Crippen molar-refractivity contribution in [2.75, 3.05) is 13.2 Å². The standard InChI is InChI=1S/C20H15N3O2/c24-10-11-25-20-15-5-3-8-21-18(15)19-16-12-22-17-6-2-1-4-14(17)13(16)7-9-23(19)20/h1-9,12,24H,10-11H2. The van der Waals surface area contributed by atoms with Gasteiger partial charge >= 0.3 is 0 Å². The Balaban J connectivity index is 1.97. The Morgan fingerprint density at radius 2 is 1.80 bits per heavy atom. The highest BCUT2D eigenvalue weighted by Gasteiger charge is 2.17. The molecule has 1 aromatic carbocycles. The van der Waals surface area contributed by atoms with Crippen molar-refractivity contribution in [1.29, 1.82) is 0 Å². The second-order valence-corrected chi connectivity index (χ2v) is 5.91. The van der Waals surface area contributed by atoms with Crippen molar-refractivity contribution in [2.24, 2.45) is 0 Å². The number of rotatable bonds is 3. The van der Waals surface area contributed by atoms with E-state index in [0.717, 1.165) is 38.1 Å². The van der Waals surface area contributed by atoms with Crippen LogP contribution in [-0.2, 0) is 0 Å². The van der Waals surface area contributed by atoms with Gasteiger partial charge in [0.2, 0.25) is 5.88 Å². The van der Waals surface area contributed by atoms with Crippen LogP contribution in [-0.4, -0.2) is 32.7 Å². The van der Waals surface area contributed by atoms with Gasteiger partial charge in [0.15, 0.2) is 0 Å². The molecule has 5 rings (SSSR count). The van der Waals surface area contributed by atoms with E-state index in [0.29, 0.717) is 5.88 Å². The molecule has 4 aromatic heterocycles. The van der Waals surface area contributed by atoms with Crippen molar-refractivity contribution in [2.45, 2.75) is 0 Å². The second-order valence-electron chi connectivity index (χ2n) is 5.91. The Hall–Kier alpha value is -3.18. The molecule has 0 bridgehead atoms. The molecular weight excluding hydrogens is 314 g/mol. The number of hydrogen-bond donors (Lipinski definition) is 1. The number of hydrogen-bond acceptors (Lipinski definition) is 4. The van der Waals surface area contributed by atoms with Gasteiger partial charge in [0.25, 0.3) is 0 Å². The number of pyridine rings is 3. The van der Waals surface area contributed by atoms with Gasteiger partial charge in [0, 0.05) is 29.4 Å². The highest BCUT2D eigenvalue weighted by atomic mass is 16.5. The van der Waals surface area contributed by atoms with Gasteiger partial charge in [-0.15, -0.1) is 0 Å². The van der Waals surface area contributed by atoms with Gasteiger partial charge in [-0.1, -0.05) is 18.2 Å². The van der Waals surface area contributed by atoms with Crippen LogP contribution in [0.15, 0.2) is 61.1 Å². The van der Waals surface area contributed by atoms with Crippen LogP contribution in [0.5, 0.6) is 5.88 Å². The molecule has 5 heteroatoms. The normalized spacial score (nSPS) is 11.7. The molecule has 0 aliphatic heterocycles. The summed E-state index contributed by atoms with van der Waals surface area (Å²) in [7, 11) is 0. The zero-order chi connectivity index (χ0) is 16.8. The number of aliphatic hydroxyl groups excluding tert-OH is 1. The van der Waals surface area contributed by atoms with E-state index in [1.54, 1.807) is 6.20 Å². The number of nitrogens with zero attached hydrogens (tertiary/aromatic N) is 3. The first-order chi connectivity index (χ1) is 12.4. The molecular formula is C20H15N3O2. The topological polar surface area (TPSA) is 59.7 Å². The summed E-state index contributed by atoms with van der Waals surface area (Å²) in [5.74, 6) is 0.696. The molecule has 0 fully saturated rings. The molecule has 5 aromatic rings. The van der Waals surface area contributed by atoms with Crippen molar-refractivity contribution in [3.8, 4) is 5.88 Å². The lowest BCUT2D eigenvalue weighted by Gasteiger charge is -2.08.